The largest absolute Gasteiger partial charge is 0.298 e. The minimum atomic E-state index is -0.260. The number of nitrogens with zero attached hydrogens (tertiary/aromatic N) is 3. The van der Waals surface area contributed by atoms with Gasteiger partial charge >= 0.3 is 0 Å². The number of pyridine rings is 1. The van der Waals surface area contributed by atoms with Crippen LogP contribution in [0.4, 0.5) is 5.13 Å². The predicted octanol–water partition coefficient (Wildman–Crippen LogP) is 3.77. The molecule has 2 N–H and O–H groups in total. The Labute approximate surface area is 174 Å². The van der Waals surface area contributed by atoms with Crippen LogP contribution in [0.25, 0.3) is 21.1 Å². The molecule has 3 heterocycles. The molecule has 0 aliphatic carbocycles. The first-order valence-corrected chi connectivity index (χ1v) is 10.1. The highest BCUT2D eigenvalue weighted by Crippen LogP contribution is 2.25. The van der Waals surface area contributed by atoms with E-state index in [0.717, 1.165) is 15.8 Å². The normalized spacial score (nSPS) is 11.1. The second-order valence-corrected chi connectivity index (χ2v) is 7.74. The molecule has 0 radical (unpaired) electrons. The molecule has 3 aromatic heterocycles. The maximum atomic E-state index is 12.6. The Hall–Kier alpha value is -3.91. The molecule has 8 heteroatoms. The number of hydrogen-bond acceptors (Lipinski definition) is 6. The number of aromatic amines is 1. The summed E-state index contributed by atoms with van der Waals surface area (Å²) in [6.07, 6.45) is 2.13. The Morgan fingerprint density at radius 2 is 1.87 bits per heavy atom. The van der Waals surface area contributed by atoms with E-state index in [-0.39, 0.29) is 11.5 Å². The quantitative estimate of drug-likeness (QED) is 0.467. The summed E-state index contributed by atoms with van der Waals surface area (Å²) in [5.41, 5.74) is 3.36. The van der Waals surface area contributed by atoms with Crippen LogP contribution in [-0.2, 0) is 6.42 Å². The molecule has 2 aromatic carbocycles. The number of rotatable bonds is 4. The number of H-pyrrole nitrogens is 1. The van der Waals surface area contributed by atoms with Crippen LogP contribution in [0.5, 0.6) is 0 Å². The Bertz CT molecular complexity index is 1410. The summed E-state index contributed by atoms with van der Waals surface area (Å²) in [6, 6.07) is 18.5. The number of carbonyl (C=O) groups excluding carboxylic acids is 1. The van der Waals surface area contributed by atoms with Crippen molar-refractivity contribution in [2.45, 2.75) is 6.42 Å². The Balaban J connectivity index is 1.35. The molecule has 0 unspecified atom stereocenters. The number of carbonyl (C=O) groups is 1. The first kappa shape index (κ1) is 18.1. The van der Waals surface area contributed by atoms with Crippen molar-refractivity contribution in [1.29, 1.82) is 0 Å². The number of benzene rings is 2. The van der Waals surface area contributed by atoms with Crippen LogP contribution in [0.15, 0.2) is 71.7 Å². The van der Waals surface area contributed by atoms with E-state index in [0.29, 0.717) is 33.7 Å². The number of aromatic nitrogens is 4. The molecular weight excluding hydrogens is 398 g/mol. The first-order chi connectivity index (χ1) is 14.7. The van der Waals surface area contributed by atoms with E-state index in [1.807, 2.05) is 36.4 Å². The minimum Gasteiger partial charge on any atom is -0.298 e. The van der Waals surface area contributed by atoms with Gasteiger partial charge in [-0.1, -0.05) is 35.6 Å². The van der Waals surface area contributed by atoms with Crippen molar-refractivity contribution in [2.75, 3.05) is 5.32 Å². The molecule has 0 atom stereocenters. The van der Waals surface area contributed by atoms with Gasteiger partial charge in [0.15, 0.2) is 5.13 Å². The molecule has 0 aliphatic heterocycles. The van der Waals surface area contributed by atoms with Gasteiger partial charge in [0.25, 0.3) is 11.5 Å². The van der Waals surface area contributed by atoms with Crippen molar-refractivity contribution < 1.29 is 4.79 Å². The summed E-state index contributed by atoms with van der Waals surface area (Å²) in [5.74, 6) is -0.213. The monoisotopic (exact) mass is 413 g/mol. The fraction of sp³-hybridized carbons (Fsp3) is 0.0455. The van der Waals surface area contributed by atoms with Crippen LogP contribution < -0.4 is 10.9 Å². The fourth-order valence-electron chi connectivity index (χ4n) is 3.24. The van der Waals surface area contributed by atoms with Crippen LogP contribution in [0, 0.1) is 0 Å². The summed E-state index contributed by atoms with van der Waals surface area (Å²) in [4.78, 5) is 33.2. The van der Waals surface area contributed by atoms with E-state index in [4.69, 9.17) is 0 Å². The highest BCUT2D eigenvalue weighted by Gasteiger charge is 2.11. The standard InChI is InChI=1S/C22H15N5O2S/c28-20(25-22-24-16-5-1-2-6-18(16)30-22)14-9-7-13(8-10-14)12-17-19-15(4-3-11-23-19)21(29)27-26-17/h1-11H,12H2,(H,27,29)(H,24,25,28). The molecule has 0 saturated carbocycles. The topological polar surface area (TPSA) is 101 Å². The van der Waals surface area contributed by atoms with Gasteiger partial charge in [0.2, 0.25) is 0 Å². The summed E-state index contributed by atoms with van der Waals surface area (Å²) in [5, 5.41) is 10.6. The molecular formula is C22H15N5O2S. The Morgan fingerprint density at radius 3 is 2.70 bits per heavy atom. The highest BCUT2D eigenvalue weighted by atomic mass is 32.1. The zero-order valence-corrected chi connectivity index (χ0v) is 16.4. The zero-order chi connectivity index (χ0) is 20.5. The third-order valence-corrected chi connectivity index (χ3v) is 5.67. The average molecular weight is 413 g/mol. The predicted molar refractivity (Wildman–Crippen MR) is 117 cm³/mol. The van der Waals surface area contributed by atoms with Crippen molar-refractivity contribution in [1.82, 2.24) is 20.2 Å². The van der Waals surface area contributed by atoms with Gasteiger partial charge < -0.3 is 0 Å². The van der Waals surface area contributed by atoms with Crippen LogP contribution in [0.3, 0.4) is 0 Å². The van der Waals surface area contributed by atoms with Crippen molar-refractivity contribution in [3.05, 3.63) is 94.0 Å². The second-order valence-electron chi connectivity index (χ2n) is 6.71. The number of para-hydroxylation sites is 1. The smallest absolute Gasteiger partial charge is 0.273 e. The molecule has 7 nitrogen and oxygen atoms in total. The van der Waals surface area contributed by atoms with Crippen molar-refractivity contribution >= 4 is 43.5 Å². The van der Waals surface area contributed by atoms with Crippen molar-refractivity contribution in [2.24, 2.45) is 0 Å². The van der Waals surface area contributed by atoms with Gasteiger partial charge in [-0.25, -0.2) is 10.1 Å². The molecule has 146 valence electrons. The lowest BCUT2D eigenvalue weighted by Crippen LogP contribution is -2.13. The van der Waals surface area contributed by atoms with Crippen molar-refractivity contribution in [3.8, 4) is 0 Å². The third kappa shape index (κ3) is 3.44. The lowest BCUT2D eigenvalue weighted by molar-refractivity contribution is 0.102. The molecule has 0 aliphatic rings. The van der Waals surface area contributed by atoms with Crippen molar-refractivity contribution in [3.63, 3.8) is 0 Å². The summed E-state index contributed by atoms with van der Waals surface area (Å²) >= 11 is 1.44. The number of anilines is 1. The van der Waals surface area contributed by atoms with E-state index < -0.39 is 0 Å². The maximum absolute atomic E-state index is 12.6. The number of thiazole rings is 1. The van der Waals surface area contributed by atoms with E-state index in [1.165, 1.54) is 11.3 Å². The lowest BCUT2D eigenvalue weighted by atomic mass is 10.1. The molecule has 0 spiro atoms. The summed E-state index contributed by atoms with van der Waals surface area (Å²) < 4.78 is 1.03. The molecule has 0 saturated heterocycles. The summed E-state index contributed by atoms with van der Waals surface area (Å²) in [7, 11) is 0. The van der Waals surface area contributed by atoms with Crippen LogP contribution >= 0.6 is 11.3 Å². The van der Waals surface area contributed by atoms with Crippen LogP contribution in [-0.4, -0.2) is 26.1 Å². The Morgan fingerprint density at radius 1 is 1.03 bits per heavy atom. The molecule has 30 heavy (non-hydrogen) atoms. The number of hydrogen-bond donors (Lipinski definition) is 2. The van der Waals surface area contributed by atoms with Crippen LogP contribution in [0.1, 0.15) is 21.6 Å². The fourth-order valence-corrected chi connectivity index (χ4v) is 4.10. The van der Waals surface area contributed by atoms with Crippen LogP contribution in [0.2, 0.25) is 0 Å². The van der Waals surface area contributed by atoms with Gasteiger partial charge in [0.1, 0.15) is 0 Å². The molecule has 5 aromatic rings. The third-order valence-electron chi connectivity index (χ3n) is 4.72. The number of nitrogens with one attached hydrogen (secondary N) is 2. The van der Waals surface area contributed by atoms with Gasteiger partial charge in [0, 0.05) is 18.2 Å². The SMILES string of the molecule is O=C(Nc1nc2ccccc2s1)c1ccc(Cc2n[nH]c(=O)c3cccnc23)cc1. The van der Waals surface area contributed by atoms with E-state index >= 15 is 0 Å². The van der Waals surface area contributed by atoms with Gasteiger partial charge in [-0.3, -0.25) is 19.9 Å². The summed E-state index contributed by atoms with van der Waals surface area (Å²) in [6.45, 7) is 0. The van der Waals surface area contributed by atoms with Gasteiger partial charge in [-0.2, -0.15) is 5.10 Å². The molecule has 1 amide bonds. The van der Waals surface area contributed by atoms with E-state index in [9.17, 15) is 9.59 Å². The van der Waals surface area contributed by atoms with Gasteiger partial charge in [-0.15, -0.1) is 0 Å². The Kier molecular flexibility index (Phi) is 4.53. The molecule has 0 bridgehead atoms. The highest BCUT2D eigenvalue weighted by molar-refractivity contribution is 7.22. The average Bonchev–Trinajstić information content (AvgIpc) is 3.18. The number of fused-ring (bicyclic) bond motifs is 2. The zero-order valence-electron chi connectivity index (χ0n) is 15.6. The minimum absolute atomic E-state index is 0.213. The molecule has 0 fully saturated rings. The van der Waals surface area contributed by atoms with Gasteiger partial charge in [0.05, 0.1) is 26.8 Å². The number of amides is 1. The first-order valence-electron chi connectivity index (χ1n) is 9.25. The van der Waals surface area contributed by atoms with Gasteiger partial charge in [-0.05, 0) is 42.0 Å². The maximum Gasteiger partial charge on any atom is 0.273 e. The van der Waals surface area contributed by atoms with E-state index in [2.05, 4.69) is 25.5 Å². The second kappa shape index (κ2) is 7.49. The molecule has 5 rings (SSSR count). The van der Waals surface area contributed by atoms with E-state index in [1.54, 1.807) is 30.5 Å². The lowest BCUT2D eigenvalue weighted by Gasteiger charge is -2.06.